The SMILES string of the molecule is CCC(C)n1nc(N)cc1C(=O)OC(C)(C)C. The van der Waals surface area contributed by atoms with Crippen molar-refractivity contribution in [2.24, 2.45) is 0 Å². The molecule has 0 aliphatic carbocycles. The van der Waals surface area contributed by atoms with E-state index in [4.69, 9.17) is 10.5 Å². The van der Waals surface area contributed by atoms with Crippen LogP contribution in [0.2, 0.25) is 0 Å². The monoisotopic (exact) mass is 239 g/mol. The zero-order valence-electron chi connectivity index (χ0n) is 11.2. The van der Waals surface area contributed by atoms with E-state index in [1.54, 1.807) is 10.7 Å². The van der Waals surface area contributed by atoms with E-state index in [1.807, 2.05) is 34.6 Å². The van der Waals surface area contributed by atoms with Gasteiger partial charge in [0.25, 0.3) is 0 Å². The maximum Gasteiger partial charge on any atom is 0.357 e. The van der Waals surface area contributed by atoms with Crippen LogP contribution in [0.1, 0.15) is 57.6 Å². The molecule has 0 spiro atoms. The van der Waals surface area contributed by atoms with Crippen molar-refractivity contribution in [2.45, 2.75) is 52.7 Å². The summed E-state index contributed by atoms with van der Waals surface area (Å²) in [5, 5.41) is 4.13. The van der Waals surface area contributed by atoms with Crippen LogP contribution >= 0.6 is 0 Å². The van der Waals surface area contributed by atoms with Crippen LogP contribution in [0.4, 0.5) is 5.82 Å². The molecule has 1 aromatic heterocycles. The van der Waals surface area contributed by atoms with Crippen molar-refractivity contribution < 1.29 is 9.53 Å². The Morgan fingerprint density at radius 2 is 2.18 bits per heavy atom. The molecule has 0 bridgehead atoms. The molecule has 17 heavy (non-hydrogen) atoms. The predicted octanol–water partition coefficient (Wildman–Crippen LogP) is 2.39. The van der Waals surface area contributed by atoms with E-state index < -0.39 is 5.60 Å². The number of esters is 1. The molecule has 96 valence electrons. The Hall–Kier alpha value is -1.52. The van der Waals surface area contributed by atoms with E-state index >= 15 is 0 Å². The molecule has 1 heterocycles. The molecule has 5 nitrogen and oxygen atoms in total. The van der Waals surface area contributed by atoms with Crippen LogP contribution in [0.5, 0.6) is 0 Å². The maximum absolute atomic E-state index is 12.0. The molecule has 0 amide bonds. The number of hydrogen-bond acceptors (Lipinski definition) is 4. The molecule has 0 fully saturated rings. The minimum Gasteiger partial charge on any atom is -0.455 e. The van der Waals surface area contributed by atoms with Crippen LogP contribution in [0.15, 0.2) is 6.07 Å². The highest BCUT2D eigenvalue weighted by molar-refractivity contribution is 5.88. The second-order valence-corrected chi connectivity index (χ2v) is 5.16. The number of nitrogens with zero attached hydrogens (tertiary/aromatic N) is 2. The van der Waals surface area contributed by atoms with Gasteiger partial charge >= 0.3 is 5.97 Å². The lowest BCUT2D eigenvalue weighted by atomic mass is 10.2. The van der Waals surface area contributed by atoms with Crippen molar-refractivity contribution in [3.63, 3.8) is 0 Å². The van der Waals surface area contributed by atoms with Gasteiger partial charge in [0, 0.05) is 12.1 Å². The molecule has 0 saturated heterocycles. The number of hydrogen-bond donors (Lipinski definition) is 1. The molecule has 1 atom stereocenters. The lowest BCUT2D eigenvalue weighted by molar-refractivity contribution is 0.00537. The fraction of sp³-hybridized carbons (Fsp3) is 0.667. The van der Waals surface area contributed by atoms with Crippen molar-refractivity contribution in [2.75, 3.05) is 5.73 Å². The second-order valence-electron chi connectivity index (χ2n) is 5.16. The quantitative estimate of drug-likeness (QED) is 0.822. The number of carbonyl (C=O) groups is 1. The van der Waals surface area contributed by atoms with Crippen molar-refractivity contribution in [1.82, 2.24) is 9.78 Å². The van der Waals surface area contributed by atoms with Gasteiger partial charge in [-0.25, -0.2) is 4.79 Å². The van der Waals surface area contributed by atoms with Crippen molar-refractivity contribution >= 4 is 11.8 Å². The van der Waals surface area contributed by atoms with Crippen LogP contribution in [-0.2, 0) is 4.74 Å². The van der Waals surface area contributed by atoms with Crippen molar-refractivity contribution in [3.8, 4) is 0 Å². The van der Waals surface area contributed by atoms with Crippen LogP contribution in [0.3, 0.4) is 0 Å². The Kier molecular flexibility index (Phi) is 3.80. The third kappa shape index (κ3) is 3.47. The third-order valence-corrected chi connectivity index (χ3v) is 2.37. The molecular formula is C12H21N3O2. The Morgan fingerprint density at radius 1 is 1.59 bits per heavy atom. The summed E-state index contributed by atoms with van der Waals surface area (Å²) in [6, 6.07) is 1.68. The van der Waals surface area contributed by atoms with Gasteiger partial charge in [-0.2, -0.15) is 5.10 Å². The topological polar surface area (TPSA) is 70.1 Å². The van der Waals surface area contributed by atoms with E-state index in [0.717, 1.165) is 6.42 Å². The summed E-state index contributed by atoms with van der Waals surface area (Å²) in [7, 11) is 0. The molecule has 0 aliphatic heterocycles. The first-order chi connectivity index (χ1) is 7.74. The minimum atomic E-state index is -0.517. The van der Waals surface area contributed by atoms with Gasteiger partial charge in [-0.15, -0.1) is 0 Å². The standard InChI is InChI=1S/C12H21N3O2/c1-6-8(2)15-9(7-10(13)14-15)11(16)17-12(3,4)5/h7-8H,6H2,1-5H3,(H2,13,14). The van der Waals surface area contributed by atoms with Gasteiger partial charge in [-0.3, -0.25) is 4.68 Å². The van der Waals surface area contributed by atoms with E-state index in [2.05, 4.69) is 5.10 Å². The Balaban J connectivity index is 3.01. The second kappa shape index (κ2) is 4.77. The molecule has 0 radical (unpaired) electrons. The normalized spacial score (nSPS) is 13.5. The number of anilines is 1. The highest BCUT2D eigenvalue weighted by Crippen LogP contribution is 2.19. The van der Waals surface area contributed by atoms with Crippen molar-refractivity contribution in [3.05, 3.63) is 11.8 Å². The molecule has 2 N–H and O–H groups in total. The molecule has 5 heteroatoms. The first-order valence-electron chi connectivity index (χ1n) is 5.83. The summed E-state index contributed by atoms with van der Waals surface area (Å²) in [6.45, 7) is 9.51. The average molecular weight is 239 g/mol. The number of nitrogen functional groups attached to an aromatic ring is 1. The summed E-state index contributed by atoms with van der Waals surface area (Å²) in [5.41, 5.74) is 5.53. The molecule has 1 rings (SSSR count). The summed E-state index contributed by atoms with van der Waals surface area (Å²) in [5.74, 6) is -0.0480. The van der Waals surface area contributed by atoms with Gasteiger partial charge in [-0.1, -0.05) is 6.92 Å². The van der Waals surface area contributed by atoms with E-state index in [9.17, 15) is 4.79 Å². The largest absolute Gasteiger partial charge is 0.455 e. The van der Waals surface area contributed by atoms with E-state index in [-0.39, 0.29) is 12.0 Å². The van der Waals surface area contributed by atoms with Crippen LogP contribution in [0.25, 0.3) is 0 Å². The molecule has 0 saturated carbocycles. The number of rotatable bonds is 3. The molecule has 1 aromatic rings. The zero-order chi connectivity index (χ0) is 13.2. The van der Waals surface area contributed by atoms with Crippen LogP contribution < -0.4 is 5.73 Å². The lowest BCUT2D eigenvalue weighted by Gasteiger charge is -2.20. The first-order valence-corrected chi connectivity index (χ1v) is 5.83. The Labute approximate surface area is 102 Å². The van der Waals surface area contributed by atoms with Crippen molar-refractivity contribution in [1.29, 1.82) is 0 Å². The zero-order valence-corrected chi connectivity index (χ0v) is 11.2. The average Bonchev–Trinajstić information content (AvgIpc) is 2.56. The van der Waals surface area contributed by atoms with Gasteiger partial charge in [0.1, 0.15) is 17.1 Å². The molecular weight excluding hydrogens is 218 g/mol. The molecule has 1 unspecified atom stereocenters. The lowest BCUT2D eigenvalue weighted by Crippen LogP contribution is -2.26. The Morgan fingerprint density at radius 3 is 2.65 bits per heavy atom. The number of ether oxygens (including phenoxy) is 1. The van der Waals surface area contributed by atoms with Gasteiger partial charge in [0.2, 0.25) is 0 Å². The number of carbonyl (C=O) groups excluding carboxylic acids is 1. The smallest absolute Gasteiger partial charge is 0.357 e. The molecule has 0 aromatic carbocycles. The maximum atomic E-state index is 12.0. The Bertz CT molecular complexity index is 404. The van der Waals surface area contributed by atoms with Gasteiger partial charge in [-0.05, 0) is 34.1 Å². The fourth-order valence-corrected chi connectivity index (χ4v) is 1.41. The minimum absolute atomic E-state index is 0.120. The summed E-state index contributed by atoms with van der Waals surface area (Å²) in [4.78, 5) is 12.0. The highest BCUT2D eigenvalue weighted by Gasteiger charge is 2.23. The predicted molar refractivity (Wildman–Crippen MR) is 66.8 cm³/mol. The molecule has 0 aliphatic rings. The first kappa shape index (κ1) is 13.5. The van der Waals surface area contributed by atoms with Gasteiger partial charge in [0.15, 0.2) is 0 Å². The van der Waals surface area contributed by atoms with Gasteiger partial charge < -0.3 is 10.5 Å². The summed E-state index contributed by atoms with van der Waals surface area (Å²) in [6.07, 6.45) is 0.872. The number of nitrogens with two attached hydrogens (primary N) is 1. The van der Waals surface area contributed by atoms with E-state index in [1.165, 1.54) is 0 Å². The summed E-state index contributed by atoms with van der Waals surface area (Å²) < 4.78 is 6.95. The summed E-state index contributed by atoms with van der Waals surface area (Å²) >= 11 is 0. The van der Waals surface area contributed by atoms with Crippen LogP contribution in [-0.4, -0.2) is 21.4 Å². The fourth-order valence-electron chi connectivity index (χ4n) is 1.41. The number of aromatic nitrogens is 2. The third-order valence-electron chi connectivity index (χ3n) is 2.37. The highest BCUT2D eigenvalue weighted by atomic mass is 16.6. The van der Waals surface area contributed by atoms with Crippen LogP contribution in [0, 0.1) is 0 Å². The van der Waals surface area contributed by atoms with Gasteiger partial charge in [0.05, 0.1) is 0 Å². The van der Waals surface area contributed by atoms with E-state index in [0.29, 0.717) is 11.5 Å².